The van der Waals surface area contributed by atoms with Crippen LogP contribution in [0.4, 0.5) is 11.4 Å². The molecular weight excluding hydrogens is 452 g/mol. The second-order valence-corrected chi connectivity index (χ2v) is 8.40. The molecule has 168 valence electrons. The number of non-ortho nitro benzene ring substituents is 1. The Labute approximate surface area is 199 Å². The maximum Gasteiger partial charge on any atom is 0.269 e. The van der Waals surface area contributed by atoms with Gasteiger partial charge in [0.15, 0.2) is 5.17 Å². The first kappa shape index (κ1) is 21.5. The fraction of sp³-hybridized carbons (Fsp3) is 0.0400. The predicted molar refractivity (Wildman–Crippen MR) is 131 cm³/mol. The molecule has 2 aromatic heterocycles. The van der Waals surface area contributed by atoms with E-state index in [0.29, 0.717) is 15.8 Å². The van der Waals surface area contributed by atoms with Gasteiger partial charge in [0.25, 0.3) is 11.6 Å². The summed E-state index contributed by atoms with van der Waals surface area (Å²) in [6.07, 6.45) is 5.22. The zero-order chi connectivity index (χ0) is 23.5. The maximum absolute atomic E-state index is 13.4. The molecule has 3 heterocycles. The number of furan rings is 1. The number of rotatable bonds is 6. The van der Waals surface area contributed by atoms with Crippen LogP contribution in [0.3, 0.4) is 0 Å². The third kappa shape index (κ3) is 4.41. The van der Waals surface area contributed by atoms with E-state index in [1.54, 1.807) is 35.4 Å². The molecule has 5 rings (SSSR count). The van der Waals surface area contributed by atoms with Crippen LogP contribution in [0.15, 0.2) is 106 Å². The van der Waals surface area contributed by atoms with E-state index in [9.17, 15) is 14.9 Å². The molecule has 8 nitrogen and oxygen atoms in total. The van der Waals surface area contributed by atoms with E-state index in [1.165, 1.54) is 23.9 Å². The average Bonchev–Trinajstić information content (AvgIpc) is 3.59. The molecule has 4 aromatic rings. The minimum atomic E-state index is -0.433. The number of nitrogens with zero attached hydrogens (tertiary/aromatic N) is 4. The van der Waals surface area contributed by atoms with Gasteiger partial charge in [-0.1, -0.05) is 18.2 Å². The van der Waals surface area contributed by atoms with Gasteiger partial charge in [0.05, 0.1) is 28.3 Å². The number of thioether (sulfide) groups is 1. The molecule has 0 atom stereocenters. The topological polar surface area (TPSA) is 93.9 Å². The van der Waals surface area contributed by atoms with Crippen LogP contribution in [0, 0.1) is 10.1 Å². The molecule has 0 radical (unpaired) electrons. The van der Waals surface area contributed by atoms with Crippen LogP contribution in [0.25, 0.3) is 11.8 Å². The molecule has 9 heteroatoms. The number of amidine groups is 1. The number of aliphatic imine (C=N–C) groups is 1. The quantitative estimate of drug-likeness (QED) is 0.202. The normalized spacial score (nSPS) is 16.0. The molecule has 1 aliphatic heterocycles. The number of amides is 1. The lowest BCUT2D eigenvalue weighted by Crippen LogP contribution is -2.28. The summed E-state index contributed by atoms with van der Waals surface area (Å²) in [5.74, 6) is 0.484. The third-order valence-corrected chi connectivity index (χ3v) is 6.17. The lowest BCUT2D eigenvalue weighted by atomic mass is 10.2. The fourth-order valence-corrected chi connectivity index (χ4v) is 4.50. The van der Waals surface area contributed by atoms with Crippen molar-refractivity contribution in [2.75, 3.05) is 0 Å². The molecule has 1 saturated heterocycles. The van der Waals surface area contributed by atoms with Gasteiger partial charge in [-0.25, -0.2) is 4.99 Å². The fourth-order valence-electron chi connectivity index (χ4n) is 3.52. The van der Waals surface area contributed by atoms with Gasteiger partial charge in [0.1, 0.15) is 5.76 Å². The molecule has 0 saturated carbocycles. The number of hydrogen-bond acceptors (Lipinski definition) is 6. The van der Waals surface area contributed by atoms with Crippen molar-refractivity contribution in [3.8, 4) is 5.69 Å². The Bertz CT molecular complexity index is 1390. The summed E-state index contributed by atoms with van der Waals surface area (Å²) in [5.41, 5.74) is 2.29. The van der Waals surface area contributed by atoms with Gasteiger partial charge >= 0.3 is 0 Å². The molecule has 0 bridgehead atoms. The van der Waals surface area contributed by atoms with Crippen molar-refractivity contribution in [1.82, 2.24) is 9.47 Å². The highest BCUT2D eigenvalue weighted by molar-refractivity contribution is 8.18. The van der Waals surface area contributed by atoms with Crippen LogP contribution in [0.5, 0.6) is 0 Å². The van der Waals surface area contributed by atoms with Crippen LogP contribution < -0.4 is 0 Å². The summed E-state index contributed by atoms with van der Waals surface area (Å²) in [5, 5.41) is 11.5. The Morgan fingerprint density at radius 2 is 1.79 bits per heavy atom. The van der Waals surface area contributed by atoms with Crippen molar-refractivity contribution in [2.45, 2.75) is 6.54 Å². The maximum atomic E-state index is 13.4. The third-order valence-electron chi connectivity index (χ3n) is 5.16. The van der Waals surface area contributed by atoms with E-state index < -0.39 is 4.92 Å². The Morgan fingerprint density at radius 1 is 1.00 bits per heavy atom. The standard InChI is InChI=1S/C25H18N4O4S/c30-24-23(16-21-8-4-14-27(21)19-10-12-20(13-11-19)29(31)32)34-25(26-18-6-2-1-3-7-18)28(24)17-22-9-5-15-33-22/h1-16H,17H2/b23-16-,26-25?. The average molecular weight is 471 g/mol. The van der Waals surface area contributed by atoms with Gasteiger partial charge < -0.3 is 8.98 Å². The van der Waals surface area contributed by atoms with Crippen molar-refractivity contribution < 1.29 is 14.1 Å². The molecule has 0 unspecified atom stereocenters. The van der Waals surface area contributed by atoms with Gasteiger partial charge in [-0.3, -0.25) is 19.8 Å². The number of carbonyl (C=O) groups is 1. The van der Waals surface area contributed by atoms with Crippen LogP contribution in [0.2, 0.25) is 0 Å². The van der Waals surface area contributed by atoms with Gasteiger partial charge in [-0.15, -0.1) is 0 Å². The summed E-state index contributed by atoms with van der Waals surface area (Å²) >= 11 is 1.30. The molecule has 2 aromatic carbocycles. The van der Waals surface area contributed by atoms with Crippen molar-refractivity contribution in [2.24, 2.45) is 4.99 Å². The lowest BCUT2D eigenvalue weighted by Gasteiger charge is -2.13. The largest absolute Gasteiger partial charge is 0.467 e. The molecular formula is C25H18N4O4S. The summed E-state index contributed by atoms with van der Waals surface area (Å²) in [6.45, 7) is 0.269. The second kappa shape index (κ2) is 9.24. The SMILES string of the molecule is O=C1/C(=C/c2cccn2-c2ccc([N+](=O)[O-])cc2)SC(=Nc2ccccc2)N1Cc1ccco1. The van der Waals surface area contributed by atoms with E-state index in [-0.39, 0.29) is 18.1 Å². The first-order chi connectivity index (χ1) is 16.6. The molecule has 0 aliphatic carbocycles. The van der Waals surface area contributed by atoms with Gasteiger partial charge in [-0.05, 0) is 66.4 Å². The number of hydrogen-bond donors (Lipinski definition) is 0. The second-order valence-electron chi connectivity index (χ2n) is 7.39. The van der Waals surface area contributed by atoms with Crippen molar-refractivity contribution in [1.29, 1.82) is 0 Å². The zero-order valence-corrected chi connectivity index (χ0v) is 18.6. The van der Waals surface area contributed by atoms with E-state index in [0.717, 1.165) is 17.1 Å². The summed E-state index contributed by atoms with van der Waals surface area (Å²) in [4.78, 5) is 30.7. The zero-order valence-electron chi connectivity index (χ0n) is 17.8. The Hall–Kier alpha value is -4.37. The predicted octanol–water partition coefficient (Wildman–Crippen LogP) is 5.78. The Kier molecular flexibility index (Phi) is 5.84. The Morgan fingerprint density at radius 3 is 2.50 bits per heavy atom. The summed E-state index contributed by atoms with van der Waals surface area (Å²) in [7, 11) is 0. The smallest absolute Gasteiger partial charge is 0.269 e. The Balaban J connectivity index is 1.49. The van der Waals surface area contributed by atoms with Gasteiger partial charge in [-0.2, -0.15) is 0 Å². The number of nitro benzene ring substituents is 1. The number of nitro groups is 1. The minimum absolute atomic E-state index is 0.0210. The number of para-hydroxylation sites is 1. The van der Waals surface area contributed by atoms with Crippen LogP contribution >= 0.6 is 11.8 Å². The van der Waals surface area contributed by atoms with Gasteiger partial charge in [0.2, 0.25) is 0 Å². The number of aromatic nitrogens is 1. The van der Waals surface area contributed by atoms with Crippen LogP contribution in [0.1, 0.15) is 11.5 Å². The van der Waals surface area contributed by atoms with Crippen molar-refractivity contribution in [3.63, 3.8) is 0 Å². The van der Waals surface area contributed by atoms with Crippen molar-refractivity contribution in [3.05, 3.63) is 118 Å². The molecule has 0 N–H and O–H groups in total. The number of benzene rings is 2. The first-order valence-corrected chi connectivity index (χ1v) is 11.2. The molecule has 0 spiro atoms. The van der Waals surface area contributed by atoms with Crippen molar-refractivity contribution >= 4 is 40.3 Å². The first-order valence-electron chi connectivity index (χ1n) is 10.4. The highest BCUT2D eigenvalue weighted by atomic mass is 32.2. The van der Waals surface area contributed by atoms with Gasteiger partial charge in [0, 0.05) is 29.7 Å². The monoisotopic (exact) mass is 470 g/mol. The lowest BCUT2D eigenvalue weighted by molar-refractivity contribution is -0.384. The molecule has 1 aliphatic rings. The summed E-state index contributed by atoms with van der Waals surface area (Å²) in [6, 6.07) is 23.1. The minimum Gasteiger partial charge on any atom is -0.467 e. The number of carbonyl (C=O) groups excluding carboxylic acids is 1. The molecule has 1 amide bonds. The van der Waals surface area contributed by atoms with E-state index in [4.69, 9.17) is 4.42 Å². The van der Waals surface area contributed by atoms with Crippen LogP contribution in [-0.4, -0.2) is 25.5 Å². The molecule has 34 heavy (non-hydrogen) atoms. The van der Waals surface area contributed by atoms with Crippen LogP contribution in [-0.2, 0) is 11.3 Å². The molecule has 1 fully saturated rings. The summed E-state index contributed by atoms with van der Waals surface area (Å²) < 4.78 is 7.33. The van der Waals surface area contributed by atoms with E-state index >= 15 is 0 Å². The highest BCUT2D eigenvalue weighted by Crippen LogP contribution is 2.35. The van der Waals surface area contributed by atoms with E-state index in [1.807, 2.05) is 59.3 Å². The van der Waals surface area contributed by atoms with E-state index in [2.05, 4.69) is 4.99 Å². The highest BCUT2D eigenvalue weighted by Gasteiger charge is 2.34.